The van der Waals surface area contributed by atoms with Crippen LogP contribution in [0.2, 0.25) is 0 Å². The fourth-order valence-corrected chi connectivity index (χ4v) is 2.08. The second-order valence-corrected chi connectivity index (χ2v) is 4.96. The van der Waals surface area contributed by atoms with Crippen LogP contribution in [0.3, 0.4) is 0 Å². The van der Waals surface area contributed by atoms with Crippen molar-refractivity contribution in [2.24, 2.45) is 0 Å². The van der Waals surface area contributed by atoms with Crippen LogP contribution < -0.4 is 5.32 Å². The van der Waals surface area contributed by atoms with Crippen molar-refractivity contribution in [2.75, 3.05) is 5.32 Å². The molecule has 0 fully saturated rings. The average molecular weight is 258 g/mol. The summed E-state index contributed by atoms with van der Waals surface area (Å²) in [6.07, 6.45) is 4.44. The fourth-order valence-electron chi connectivity index (χ4n) is 2.08. The van der Waals surface area contributed by atoms with Gasteiger partial charge in [-0.05, 0) is 39.3 Å². The molecule has 1 N–H and O–H groups in total. The quantitative estimate of drug-likeness (QED) is 0.888. The summed E-state index contributed by atoms with van der Waals surface area (Å²) in [6.45, 7) is 9.24. The minimum absolute atomic E-state index is 0.903. The summed E-state index contributed by atoms with van der Waals surface area (Å²) in [4.78, 5) is 9.02. The lowest BCUT2D eigenvalue weighted by Crippen LogP contribution is -2.05. The van der Waals surface area contributed by atoms with Crippen molar-refractivity contribution in [3.05, 3.63) is 35.4 Å². The SMILES string of the molecule is CCCCn1cc(C)nc1Nc1ccc(C)nc1C. The zero-order valence-corrected chi connectivity index (χ0v) is 12.2. The molecule has 4 nitrogen and oxygen atoms in total. The molecular weight excluding hydrogens is 236 g/mol. The van der Waals surface area contributed by atoms with Crippen molar-refractivity contribution >= 4 is 11.6 Å². The molecule has 0 atom stereocenters. The van der Waals surface area contributed by atoms with Crippen LogP contribution in [-0.2, 0) is 6.54 Å². The second kappa shape index (κ2) is 5.87. The fraction of sp³-hybridized carbons (Fsp3) is 0.467. The maximum Gasteiger partial charge on any atom is 0.207 e. The Morgan fingerprint density at radius 2 is 1.89 bits per heavy atom. The summed E-state index contributed by atoms with van der Waals surface area (Å²) in [7, 11) is 0. The molecule has 0 aliphatic heterocycles. The Morgan fingerprint density at radius 3 is 2.58 bits per heavy atom. The summed E-state index contributed by atoms with van der Waals surface area (Å²) in [6, 6.07) is 4.08. The Balaban J connectivity index is 2.22. The molecule has 0 saturated heterocycles. The minimum Gasteiger partial charge on any atom is -0.324 e. The van der Waals surface area contributed by atoms with Gasteiger partial charge in [0.25, 0.3) is 0 Å². The first-order valence-electron chi connectivity index (χ1n) is 6.85. The van der Waals surface area contributed by atoms with E-state index in [0.717, 1.165) is 41.7 Å². The molecule has 102 valence electrons. The first kappa shape index (κ1) is 13.6. The number of anilines is 2. The third-order valence-corrected chi connectivity index (χ3v) is 3.12. The summed E-state index contributed by atoms with van der Waals surface area (Å²) < 4.78 is 2.18. The van der Waals surface area contributed by atoms with Gasteiger partial charge >= 0.3 is 0 Å². The number of aromatic nitrogens is 3. The van der Waals surface area contributed by atoms with Crippen LogP contribution >= 0.6 is 0 Å². The van der Waals surface area contributed by atoms with Crippen molar-refractivity contribution in [2.45, 2.75) is 47.1 Å². The number of nitrogens with zero attached hydrogens (tertiary/aromatic N) is 3. The van der Waals surface area contributed by atoms with E-state index in [1.807, 2.05) is 26.8 Å². The number of rotatable bonds is 5. The minimum atomic E-state index is 0.903. The van der Waals surface area contributed by atoms with Crippen LogP contribution in [0.25, 0.3) is 0 Å². The average Bonchev–Trinajstić information content (AvgIpc) is 2.70. The number of pyridine rings is 1. The van der Waals surface area contributed by atoms with E-state index in [4.69, 9.17) is 0 Å². The number of unbranched alkanes of at least 4 members (excludes halogenated alkanes) is 1. The van der Waals surface area contributed by atoms with Crippen LogP contribution in [0.1, 0.15) is 36.8 Å². The van der Waals surface area contributed by atoms with E-state index in [0.29, 0.717) is 0 Å². The van der Waals surface area contributed by atoms with Gasteiger partial charge in [-0.1, -0.05) is 13.3 Å². The van der Waals surface area contributed by atoms with E-state index in [1.54, 1.807) is 0 Å². The number of nitrogens with one attached hydrogen (secondary N) is 1. The molecule has 0 aliphatic carbocycles. The standard InChI is InChI=1S/C15H22N4/c1-5-6-9-19-10-12(3)17-15(19)18-14-8-7-11(2)16-13(14)4/h7-8,10H,5-6,9H2,1-4H3,(H,17,18). The van der Waals surface area contributed by atoms with Gasteiger partial charge in [0, 0.05) is 18.4 Å². The van der Waals surface area contributed by atoms with Crippen LogP contribution in [-0.4, -0.2) is 14.5 Å². The third-order valence-electron chi connectivity index (χ3n) is 3.12. The van der Waals surface area contributed by atoms with Crippen LogP contribution in [0, 0.1) is 20.8 Å². The summed E-state index contributed by atoms with van der Waals surface area (Å²) in [5, 5.41) is 3.39. The predicted octanol–water partition coefficient (Wildman–Crippen LogP) is 3.75. The smallest absolute Gasteiger partial charge is 0.207 e. The molecule has 2 aromatic heterocycles. The van der Waals surface area contributed by atoms with Crippen LogP contribution in [0.15, 0.2) is 18.3 Å². The number of aryl methyl sites for hydroxylation is 4. The van der Waals surface area contributed by atoms with Crippen molar-refractivity contribution in [3.63, 3.8) is 0 Å². The lowest BCUT2D eigenvalue weighted by molar-refractivity contribution is 0.637. The monoisotopic (exact) mass is 258 g/mol. The number of hydrogen-bond donors (Lipinski definition) is 1. The zero-order valence-electron chi connectivity index (χ0n) is 12.2. The Morgan fingerprint density at radius 1 is 1.11 bits per heavy atom. The second-order valence-electron chi connectivity index (χ2n) is 4.96. The van der Waals surface area contributed by atoms with E-state index in [2.05, 4.69) is 39.0 Å². The molecule has 0 radical (unpaired) electrons. The van der Waals surface area contributed by atoms with Gasteiger partial charge in [-0.3, -0.25) is 4.98 Å². The van der Waals surface area contributed by atoms with E-state index < -0.39 is 0 Å². The number of imidazole rings is 1. The first-order valence-corrected chi connectivity index (χ1v) is 6.85. The normalized spacial score (nSPS) is 10.7. The molecule has 0 amide bonds. The lowest BCUT2D eigenvalue weighted by Gasteiger charge is -2.11. The Bertz CT molecular complexity index is 557. The summed E-state index contributed by atoms with van der Waals surface area (Å²) in [5.74, 6) is 0.903. The van der Waals surface area contributed by atoms with E-state index >= 15 is 0 Å². The van der Waals surface area contributed by atoms with Crippen molar-refractivity contribution in [3.8, 4) is 0 Å². The summed E-state index contributed by atoms with van der Waals surface area (Å²) >= 11 is 0. The van der Waals surface area contributed by atoms with Crippen LogP contribution in [0.5, 0.6) is 0 Å². The first-order chi connectivity index (χ1) is 9.10. The van der Waals surface area contributed by atoms with E-state index in [-0.39, 0.29) is 0 Å². The van der Waals surface area contributed by atoms with Crippen molar-refractivity contribution in [1.29, 1.82) is 0 Å². The molecule has 0 bridgehead atoms. The highest BCUT2D eigenvalue weighted by Gasteiger charge is 2.07. The van der Waals surface area contributed by atoms with Gasteiger partial charge in [0.15, 0.2) is 0 Å². The zero-order chi connectivity index (χ0) is 13.8. The molecular formula is C15H22N4. The van der Waals surface area contributed by atoms with Crippen molar-refractivity contribution < 1.29 is 0 Å². The van der Waals surface area contributed by atoms with Gasteiger partial charge in [-0.15, -0.1) is 0 Å². The van der Waals surface area contributed by atoms with Gasteiger partial charge < -0.3 is 9.88 Å². The molecule has 0 spiro atoms. The lowest BCUT2D eigenvalue weighted by atomic mass is 10.3. The highest BCUT2D eigenvalue weighted by Crippen LogP contribution is 2.19. The molecule has 0 aromatic carbocycles. The highest BCUT2D eigenvalue weighted by atomic mass is 15.2. The molecule has 2 heterocycles. The topological polar surface area (TPSA) is 42.7 Å². The predicted molar refractivity (Wildman–Crippen MR) is 78.9 cm³/mol. The molecule has 2 aromatic rings. The molecule has 4 heteroatoms. The van der Waals surface area contributed by atoms with Gasteiger partial charge in [0.1, 0.15) is 0 Å². The van der Waals surface area contributed by atoms with Crippen molar-refractivity contribution in [1.82, 2.24) is 14.5 Å². The molecule has 0 unspecified atom stereocenters. The maximum atomic E-state index is 4.55. The largest absolute Gasteiger partial charge is 0.324 e. The Kier molecular flexibility index (Phi) is 4.20. The van der Waals surface area contributed by atoms with E-state index in [1.165, 1.54) is 6.42 Å². The maximum absolute atomic E-state index is 4.55. The molecule has 2 rings (SSSR count). The number of hydrogen-bond acceptors (Lipinski definition) is 3. The van der Waals surface area contributed by atoms with Gasteiger partial charge in [-0.2, -0.15) is 0 Å². The van der Waals surface area contributed by atoms with Crippen LogP contribution in [0.4, 0.5) is 11.6 Å². The Hall–Kier alpha value is -1.84. The Labute approximate surface area is 114 Å². The molecule has 0 aliphatic rings. The summed E-state index contributed by atoms with van der Waals surface area (Å²) in [5.41, 5.74) is 4.10. The molecule has 0 saturated carbocycles. The third kappa shape index (κ3) is 3.34. The molecule has 19 heavy (non-hydrogen) atoms. The van der Waals surface area contributed by atoms with E-state index in [9.17, 15) is 0 Å². The van der Waals surface area contributed by atoms with Gasteiger partial charge in [0.05, 0.1) is 17.1 Å². The van der Waals surface area contributed by atoms with Gasteiger partial charge in [-0.25, -0.2) is 4.98 Å². The highest BCUT2D eigenvalue weighted by molar-refractivity contribution is 5.56. The van der Waals surface area contributed by atoms with Gasteiger partial charge in [0.2, 0.25) is 5.95 Å².